The highest BCUT2D eigenvalue weighted by Crippen LogP contribution is 2.21. The average Bonchev–Trinajstić information content (AvgIpc) is 2.73. The summed E-state index contributed by atoms with van der Waals surface area (Å²) in [6, 6.07) is 13.9. The van der Waals surface area contributed by atoms with Crippen LogP contribution in [0.4, 0.5) is 4.39 Å². The van der Waals surface area contributed by atoms with Gasteiger partial charge in [-0.1, -0.05) is 24.3 Å². The Balaban J connectivity index is 1.51. The molecule has 9 heteroatoms. The third kappa shape index (κ3) is 5.17. The number of benzene rings is 2. The van der Waals surface area contributed by atoms with Crippen molar-refractivity contribution in [2.45, 2.75) is 11.4 Å². The van der Waals surface area contributed by atoms with E-state index in [1.54, 1.807) is 24.3 Å². The van der Waals surface area contributed by atoms with Crippen molar-refractivity contribution in [1.29, 1.82) is 5.26 Å². The Morgan fingerprint density at radius 3 is 2.38 bits per heavy atom. The molecule has 7 nitrogen and oxygen atoms in total. The molecule has 2 aromatic carbocycles. The van der Waals surface area contributed by atoms with Gasteiger partial charge in [0.1, 0.15) is 11.9 Å². The number of carbonyl (C=O) groups is 1. The molecule has 0 unspecified atom stereocenters. The van der Waals surface area contributed by atoms with E-state index in [9.17, 15) is 17.6 Å². The van der Waals surface area contributed by atoms with Crippen LogP contribution in [0.3, 0.4) is 0 Å². The fraction of sp³-hybridized carbons (Fsp3) is 0.300. The summed E-state index contributed by atoms with van der Waals surface area (Å²) in [5, 5.41) is 11.9. The number of nitrogens with zero attached hydrogens (tertiary/aromatic N) is 3. The van der Waals surface area contributed by atoms with Gasteiger partial charge in [-0.25, -0.2) is 12.8 Å². The van der Waals surface area contributed by atoms with Crippen molar-refractivity contribution in [3.05, 3.63) is 65.5 Å². The van der Waals surface area contributed by atoms with Gasteiger partial charge in [0.25, 0.3) is 0 Å². The van der Waals surface area contributed by atoms with E-state index in [4.69, 9.17) is 5.26 Å². The molecule has 0 atom stereocenters. The zero-order valence-electron chi connectivity index (χ0n) is 15.7. The molecule has 152 valence electrons. The second-order valence-corrected chi connectivity index (χ2v) is 8.60. The van der Waals surface area contributed by atoms with Crippen LogP contribution in [-0.4, -0.2) is 56.3 Å². The number of nitrogens with one attached hydrogen (secondary N) is 1. The molecule has 0 radical (unpaired) electrons. The SMILES string of the molecule is N#Cc1ccccc1S(=O)(=O)N1CCN(CC(=O)NCc2ccc(F)cc2)CC1. The van der Waals surface area contributed by atoms with E-state index in [0.29, 0.717) is 19.6 Å². The number of hydrogen-bond acceptors (Lipinski definition) is 5. The molecule has 1 saturated heterocycles. The summed E-state index contributed by atoms with van der Waals surface area (Å²) in [7, 11) is -3.75. The van der Waals surface area contributed by atoms with Gasteiger partial charge in [-0.05, 0) is 29.8 Å². The van der Waals surface area contributed by atoms with Gasteiger partial charge in [0.15, 0.2) is 0 Å². The molecule has 1 aliphatic heterocycles. The molecular weight excluding hydrogens is 395 g/mol. The first-order valence-corrected chi connectivity index (χ1v) is 10.6. The molecule has 0 saturated carbocycles. The summed E-state index contributed by atoms with van der Waals surface area (Å²) in [5.74, 6) is -0.509. The Labute approximate surface area is 169 Å². The van der Waals surface area contributed by atoms with Crippen LogP contribution in [0, 0.1) is 17.1 Å². The number of carbonyl (C=O) groups excluding carboxylic acids is 1. The van der Waals surface area contributed by atoms with Gasteiger partial charge >= 0.3 is 0 Å². The van der Waals surface area contributed by atoms with E-state index >= 15 is 0 Å². The van der Waals surface area contributed by atoms with Gasteiger partial charge in [-0.2, -0.15) is 9.57 Å². The minimum absolute atomic E-state index is 0.00740. The highest BCUT2D eigenvalue weighted by Gasteiger charge is 2.30. The van der Waals surface area contributed by atoms with Crippen LogP contribution in [0.5, 0.6) is 0 Å². The largest absolute Gasteiger partial charge is 0.351 e. The number of sulfonamides is 1. The third-order valence-corrected chi connectivity index (χ3v) is 6.68. The quantitative estimate of drug-likeness (QED) is 0.767. The van der Waals surface area contributed by atoms with E-state index < -0.39 is 10.0 Å². The van der Waals surface area contributed by atoms with Crippen LogP contribution in [-0.2, 0) is 21.4 Å². The molecule has 1 fully saturated rings. The van der Waals surface area contributed by atoms with Crippen molar-refractivity contribution in [3.8, 4) is 6.07 Å². The minimum atomic E-state index is -3.75. The first kappa shape index (κ1) is 20.9. The molecule has 1 amide bonds. The summed E-state index contributed by atoms with van der Waals surface area (Å²) in [6.45, 7) is 1.78. The Hall–Kier alpha value is -2.80. The predicted octanol–water partition coefficient (Wildman–Crippen LogP) is 1.32. The normalized spacial score (nSPS) is 15.6. The molecule has 1 aliphatic rings. The van der Waals surface area contributed by atoms with E-state index in [1.165, 1.54) is 28.6 Å². The van der Waals surface area contributed by atoms with Gasteiger partial charge in [-0.3, -0.25) is 9.69 Å². The summed E-state index contributed by atoms with van der Waals surface area (Å²) < 4.78 is 39.9. The molecule has 0 aliphatic carbocycles. The number of halogens is 1. The molecule has 0 spiro atoms. The summed E-state index contributed by atoms with van der Waals surface area (Å²) in [4.78, 5) is 14.0. The van der Waals surface area contributed by atoms with E-state index in [-0.39, 0.29) is 41.8 Å². The Bertz CT molecular complexity index is 1010. The summed E-state index contributed by atoms with van der Waals surface area (Å²) in [6.07, 6.45) is 0. The van der Waals surface area contributed by atoms with E-state index in [1.807, 2.05) is 11.0 Å². The second-order valence-electron chi connectivity index (χ2n) is 6.69. The number of hydrogen-bond donors (Lipinski definition) is 1. The molecule has 0 aromatic heterocycles. The molecule has 1 heterocycles. The average molecular weight is 416 g/mol. The summed E-state index contributed by atoms with van der Waals surface area (Å²) >= 11 is 0. The Morgan fingerprint density at radius 1 is 1.07 bits per heavy atom. The predicted molar refractivity (Wildman–Crippen MR) is 105 cm³/mol. The van der Waals surface area contributed by atoms with E-state index in [2.05, 4.69) is 5.32 Å². The highest BCUT2D eigenvalue weighted by molar-refractivity contribution is 7.89. The van der Waals surface area contributed by atoms with Crippen LogP contribution in [0.15, 0.2) is 53.4 Å². The smallest absolute Gasteiger partial charge is 0.244 e. The lowest BCUT2D eigenvalue weighted by Gasteiger charge is -2.33. The third-order valence-electron chi connectivity index (χ3n) is 4.73. The standard InChI is InChI=1S/C20H21FN4O3S/c21-18-7-5-16(6-8-18)14-23-20(26)15-24-9-11-25(12-10-24)29(27,28)19-4-2-1-3-17(19)13-22/h1-8H,9-12,14-15H2,(H,23,26). The first-order chi connectivity index (χ1) is 13.9. The molecule has 1 N–H and O–H groups in total. The van der Waals surface area contributed by atoms with Crippen LogP contribution in [0.2, 0.25) is 0 Å². The topological polar surface area (TPSA) is 93.5 Å². The zero-order valence-corrected chi connectivity index (χ0v) is 16.5. The monoisotopic (exact) mass is 416 g/mol. The molecule has 2 aromatic rings. The molecule has 29 heavy (non-hydrogen) atoms. The minimum Gasteiger partial charge on any atom is -0.351 e. The maximum atomic E-state index is 12.9. The van der Waals surface area contributed by atoms with E-state index in [0.717, 1.165) is 5.56 Å². The maximum Gasteiger partial charge on any atom is 0.244 e. The molecule has 3 rings (SSSR count). The lowest BCUT2D eigenvalue weighted by atomic mass is 10.2. The first-order valence-electron chi connectivity index (χ1n) is 9.13. The van der Waals surface area contributed by atoms with Crippen molar-refractivity contribution in [3.63, 3.8) is 0 Å². The van der Waals surface area contributed by atoms with Crippen molar-refractivity contribution in [2.24, 2.45) is 0 Å². The fourth-order valence-electron chi connectivity index (χ4n) is 3.11. The number of nitriles is 1. The second kappa shape index (κ2) is 9.13. The Kier molecular flexibility index (Phi) is 6.59. The van der Waals surface area contributed by atoms with Crippen molar-refractivity contribution in [2.75, 3.05) is 32.7 Å². The van der Waals surface area contributed by atoms with Gasteiger partial charge in [0.2, 0.25) is 15.9 Å². The molecule has 0 bridgehead atoms. The lowest BCUT2D eigenvalue weighted by molar-refractivity contribution is -0.122. The summed E-state index contributed by atoms with van der Waals surface area (Å²) in [5.41, 5.74) is 0.918. The van der Waals surface area contributed by atoms with Crippen molar-refractivity contribution < 1.29 is 17.6 Å². The lowest BCUT2D eigenvalue weighted by Crippen LogP contribution is -2.51. The van der Waals surface area contributed by atoms with Gasteiger partial charge in [-0.15, -0.1) is 0 Å². The number of amides is 1. The number of rotatable bonds is 6. The van der Waals surface area contributed by atoms with Crippen LogP contribution >= 0.6 is 0 Å². The highest BCUT2D eigenvalue weighted by atomic mass is 32.2. The Morgan fingerprint density at radius 2 is 1.72 bits per heavy atom. The fourth-order valence-corrected chi connectivity index (χ4v) is 4.68. The zero-order chi connectivity index (χ0) is 20.9. The van der Waals surface area contributed by atoms with Gasteiger partial charge in [0.05, 0.1) is 17.0 Å². The maximum absolute atomic E-state index is 12.9. The van der Waals surface area contributed by atoms with Crippen LogP contribution in [0.25, 0.3) is 0 Å². The van der Waals surface area contributed by atoms with Gasteiger partial charge in [0, 0.05) is 32.7 Å². The van der Waals surface area contributed by atoms with Gasteiger partial charge < -0.3 is 5.32 Å². The molecular formula is C20H21FN4O3S. The van der Waals surface area contributed by atoms with Crippen molar-refractivity contribution in [1.82, 2.24) is 14.5 Å². The number of piperazine rings is 1. The van der Waals surface area contributed by atoms with Crippen molar-refractivity contribution >= 4 is 15.9 Å². The van der Waals surface area contributed by atoms with Crippen LogP contribution in [0.1, 0.15) is 11.1 Å². The van der Waals surface area contributed by atoms with Crippen LogP contribution < -0.4 is 5.32 Å².